The van der Waals surface area contributed by atoms with Gasteiger partial charge in [-0.25, -0.2) is 9.97 Å². The van der Waals surface area contributed by atoms with Crippen LogP contribution < -0.4 is 15.4 Å². The topological polar surface area (TPSA) is 169 Å². The Morgan fingerprint density at radius 1 is 0.776 bits per heavy atom. The van der Waals surface area contributed by atoms with Crippen LogP contribution in [0, 0.1) is 29.1 Å². The SMILES string of the molecule is COc1ccc(C2CCC(CN(C(=O)C3CCC(C(=O)O)CC3)c3cccc(-c4coc(C5CC5)n4)c3)CC2)cc1C#N.Nc1cccc(-c2coc(C3CC3)n2)c1. The van der Waals surface area contributed by atoms with Gasteiger partial charge in [-0.05, 0) is 131 Å². The van der Waals surface area contributed by atoms with Gasteiger partial charge in [-0.2, -0.15) is 5.26 Å². The molecular weight excluding hydrogens is 731 g/mol. The van der Waals surface area contributed by atoms with E-state index in [9.17, 15) is 20.0 Å². The number of carbonyl (C=O) groups excluding carboxylic acids is 1. The number of oxazole rings is 2. The van der Waals surface area contributed by atoms with Gasteiger partial charge in [-0.15, -0.1) is 0 Å². The summed E-state index contributed by atoms with van der Waals surface area (Å²) < 4.78 is 16.5. The number of nitriles is 1. The van der Waals surface area contributed by atoms with Crippen molar-refractivity contribution >= 4 is 23.3 Å². The first-order valence-electron chi connectivity index (χ1n) is 20.8. The lowest BCUT2D eigenvalue weighted by atomic mass is 9.77. The number of hydrogen-bond donors (Lipinski definition) is 2. The maximum absolute atomic E-state index is 14.1. The summed E-state index contributed by atoms with van der Waals surface area (Å²) in [7, 11) is 1.58. The molecule has 0 aliphatic heterocycles. The van der Waals surface area contributed by atoms with Gasteiger partial charge in [0.15, 0.2) is 11.8 Å². The number of anilines is 2. The van der Waals surface area contributed by atoms with E-state index in [-0.39, 0.29) is 17.7 Å². The van der Waals surface area contributed by atoms with Crippen LogP contribution in [0.1, 0.15) is 118 Å². The Hall–Kier alpha value is -5.89. The second kappa shape index (κ2) is 17.3. The molecule has 11 nitrogen and oxygen atoms in total. The van der Waals surface area contributed by atoms with Crippen molar-refractivity contribution in [1.82, 2.24) is 9.97 Å². The predicted octanol–water partition coefficient (Wildman–Crippen LogP) is 10.1. The number of rotatable bonds is 11. The van der Waals surface area contributed by atoms with Gasteiger partial charge in [0.25, 0.3) is 0 Å². The molecule has 0 unspecified atom stereocenters. The van der Waals surface area contributed by atoms with E-state index in [1.807, 2.05) is 65.6 Å². The van der Waals surface area contributed by atoms with Crippen LogP contribution in [-0.2, 0) is 9.59 Å². The van der Waals surface area contributed by atoms with Gasteiger partial charge in [-0.3, -0.25) is 9.59 Å². The molecule has 0 saturated heterocycles. The molecule has 0 bridgehead atoms. The summed E-state index contributed by atoms with van der Waals surface area (Å²) in [6.07, 6.45) is 14.3. The first-order valence-corrected chi connectivity index (χ1v) is 20.8. The predicted molar refractivity (Wildman–Crippen MR) is 220 cm³/mol. The zero-order valence-corrected chi connectivity index (χ0v) is 33.0. The summed E-state index contributed by atoms with van der Waals surface area (Å²) in [6, 6.07) is 23.9. The number of ether oxygens (including phenoxy) is 1. The van der Waals surface area contributed by atoms with E-state index in [0.29, 0.717) is 67.2 Å². The molecule has 2 heterocycles. The molecule has 1 amide bonds. The summed E-state index contributed by atoms with van der Waals surface area (Å²) in [5.41, 5.74) is 12.7. The Morgan fingerprint density at radius 3 is 1.93 bits per heavy atom. The third-order valence-corrected chi connectivity index (χ3v) is 12.3. The number of carbonyl (C=O) groups is 2. The highest BCUT2D eigenvalue weighted by molar-refractivity contribution is 5.96. The van der Waals surface area contributed by atoms with E-state index >= 15 is 0 Å². The Labute approximate surface area is 339 Å². The fourth-order valence-electron chi connectivity index (χ4n) is 8.54. The van der Waals surface area contributed by atoms with Crippen molar-refractivity contribution in [3.8, 4) is 34.3 Å². The normalized spacial score (nSPS) is 21.6. The van der Waals surface area contributed by atoms with Crippen LogP contribution in [-0.4, -0.2) is 40.6 Å². The van der Waals surface area contributed by atoms with Gasteiger partial charge >= 0.3 is 5.97 Å². The quantitative estimate of drug-likeness (QED) is 0.123. The van der Waals surface area contributed by atoms with E-state index in [1.165, 1.54) is 18.4 Å². The van der Waals surface area contributed by atoms with Crippen molar-refractivity contribution in [2.75, 3.05) is 24.3 Å². The van der Waals surface area contributed by atoms with Crippen molar-refractivity contribution in [2.45, 2.75) is 94.8 Å². The summed E-state index contributed by atoms with van der Waals surface area (Å²) in [4.78, 5) is 36.8. The number of aliphatic carboxylic acids is 1. The number of methoxy groups -OCH3 is 1. The van der Waals surface area contributed by atoms with E-state index in [0.717, 1.165) is 84.2 Å². The zero-order chi connectivity index (χ0) is 40.2. The third-order valence-electron chi connectivity index (χ3n) is 12.3. The molecule has 9 rings (SSSR count). The van der Waals surface area contributed by atoms with Crippen LogP contribution in [0.25, 0.3) is 22.5 Å². The average Bonchev–Trinajstić information content (AvgIpc) is 4.20. The first kappa shape index (κ1) is 39.0. The van der Waals surface area contributed by atoms with Crippen LogP contribution in [0.5, 0.6) is 5.75 Å². The molecule has 300 valence electrons. The lowest BCUT2D eigenvalue weighted by Crippen LogP contribution is -2.41. The molecule has 0 radical (unpaired) electrons. The highest BCUT2D eigenvalue weighted by Gasteiger charge is 2.35. The molecule has 5 aromatic rings. The molecule has 4 saturated carbocycles. The number of benzene rings is 3. The van der Waals surface area contributed by atoms with E-state index in [1.54, 1.807) is 19.6 Å². The highest BCUT2D eigenvalue weighted by atomic mass is 16.5. The van der Waals surface area contributed by atoms with E-state index in [4.69, 9.17) is 24.3 Å². The maximum Gasteiger partial charge on any atom is 0.306 e. The second-order valence-corrected chi connectivity index (χ2v) is 16.5. The second-order valence-electron chi connectivity index (χ2n) is 16.5. The van der Waals surface area contributed by atoms with Crippen molar-refractivity contribution in [2.24, 2.45) is 17.8 Å². The van der Waals surface area contributed by atoms with Crippen LogP contribution in [0.4, 0.5) is 11.4 Å². The van der Waals surface area contributed by atoms with Crippen molar-refractivity contribution in [1.29, 1.82) is 5.26 Å². The number of nitrogen functional groups attached to an aromatic ring is 1. The van der Waals surface area contributed by atoms with Crippen molar-refractivity contribution in [3.63, 3.8) is 0 Å². The van der Waals surface area contributed by atoms with Crippen LogP contribution in [0.15, 0.2) is 88.1 Å². The smallest absolute Gasteiger partial charge is 0.306 e. The van der Waals surface area contributed by atoms with Crippen molar-refractivity contribution < 1.29 is 28.3 Å². The molecule has 3 aromatic carbocycles. The average molecular weight is 782 g/mol. The van der Waals surface area contributed by atoms with Crippen molar-refractivity contribution in [3.05, 3.63) is 102 Å². The van der Waals surface area contributed by atoms with Crippen LogP contribution in [0.2, 0.25) is 0 Å². The minimum atomic E-state index is -0.760. The summed E-state index contributed by atoms with van der Waals surface area (Å²) >= 11 is 0. The fourth-order valence-corrected chi connectivity index (χ4v) is 8.54. The Morgan fingerprint density at radius 2 is 1.36 bits per heavy atom. The highest BCUT2D eigenvalue weighted by Crippen LogP contribution is 2.42. The molecule has 3 N–H and O–H groups in total. The Bertz CT molecular complexity index is 2270. The summed E-state index contributed by atoms with van der Waals surface area (Å²) in [5.74, 6) is 2.77. The fraction of sp³-hybridized carbons (Fsp3) is 0.426. The molecule has 0 spiro atoms. The molecule has 2 aromatic heterocycles. The third kappa shape index (κ3) is 9.12. The van der Waals surface area contributed by atoms with Gasteiger partial charge in [0, 0.05) is 46.8 Å². The van der Waals surface area contributed by atoms with Gasteiger partial charge in [0.05, 0.1) is 18.6 Å². The van der Waals surface area contributed by atoms with Crippen LogP contribution >= 0.6 is 0 Å². The lowest BCUT2D eigenvalue weighted by molar-refractivity contribution is -0.144. The number of nitrogens with two attached hydrogens (primary N) is 1. The number of amides is 1. The Kier molecular flexibility index (Phi) is 11.6. The first-order chi connectivity index (χ1) is 28.3. The molecular formula is C47H51N5O6. The van der Waals surface area contributed by atoms with Gasteiger partial charge in [0.2, 0.25) is 5.91 Å². The molecule has 4 fully saturated rings. The number of nitrogens with zero attached hydrogens (tertiary/aromatic N) is 4. The largest absolute Gasteiger partial charge is 0.495 e. The van der Waals surface area contributed by atoms with E-state index in [2.05, 4.69) is 17.1 Å². The maximum atomic E-state index is 14.1. The lowest BCUT2D eigenvalue weighted by Gasteiger charge is -2.36. The zero-order valence-electron chi connectivity index (χ0n) is 33.0. The minimum absolute atomic E-state index is 0.0933. The van der Waals surface area contributed by atoms with Gasteiger partial charge in [0.1, 0.15) is 35.7 Å². The molecule has 11 heteroatoms. The standard InChI is InChI=1S/C35H39N3O5.C12H12N2O/c1-42-32-16-15-27(17-29(32)19-36)23-7-5-22(6-8-23)20-38(34(39)25-11-13-26(14-12-25)35(40)41)30-4-2-3-28(18-30)31-21-43-33(37-31)24-9-10-24;13-10-3-1-2-9(6-10)11-7-15-12(14-11)8-4-5-8/h2-4,15-18,21-26H,5-14,20H2,1H3,(H,40,41);1-3,6-8H,4-5,13H2. The summed E-state index contributed by atoms with van der Waals surface area (Å²) in [5, 5.41) is 19.0. The molecule has 4 aliphatic carbocycles. The number of aromatic nitrogens is 2. The van der Waals surface area contributed by atoms with E-state index < -0.39 is 5.97 Å². The summed E-state index contributed by atoms with van der Waals surface area (Å²) in [6.45, 7) is 0.631. The molecule has 4 aliphatic rings. The monoisotopic (exact) mass is 781 g/mol. The van der Waals surface area contributed by atoms with Gasteiger partial charge in [-0.1, -0.05) is 30.3 Å². The van der Waals surface area contributed by atoms with Crippen LogP contribution in [0.3, 0.4) is 0 Å². The number of carboxylic acid groups (broad SMARTS) is 1. The number of carboxylic acids is 1. The molecule has 58 heavy (non-hydrogen) atoms. The van der Waals surface area contributed by atoms with Gasteiger partial charge < -0.3 is 29.3 Å². The minimum Gasteiger partial charge on any atom is -0.495 e. The molecule has 0 atom stereocenters. The number of hydrogen-bond acceptors (Lipinski definition) is 9. The Balaban J connectivity index is 0.000000260.